The lowest BCUT2D eigenvalue weighted by Gasteiger charge is -2.23. The highest BCUT2D eigenvalue weighted by molar-refractivity contribution is 5.94. The van der Waals surface area contributed by atoms with Gasteiger partial charge in [0.05, 0.1) is 6.20 Å². The van der Waals surface area contributed by atoms with Crippen molar-refractivity contribution in [2.75, 3.05) is 32.7 Å². The Bertz CT molecular complexity index is 485. The van der Waals surface area contributed by atoms with Gasteiger partial charge in [0.25, 0.3) is 0 Å². The van der Waals surface area contributed by atoms with Gasteiger partial charge in [0.15, 0.2) is 5.78 Å². The zero-order valence-electron chi connectivity index (χ0n) is 12.3. The molecule has 0 aliphatic carbocycles. The van der Waals surface area contributed by atoms with Crippen molar-refractivity contribution in [3.63, 3.8) is 0 Å². The van der Waals surface area contributed by atoms with E-state index in [9.17, 15) is 9.18 Å². The molecule has 0 amide bonds. The number of halogens is 1. The molecule has 2 aliphatic rings. The number of ketones is 1. The number of hydrogen-bond acceptors (Lipinski definition) is 4. The highest BCUT2D eigenvalue weighted by Gasteiger charge is 2.29. The van der Waals surface area contributed by atoms with Gasteiger partial charge in [-0.25, -0.2) is 4.39 Å². The van der Waals surface area contributed by atoms with E-state index in [4.69, 9.17) is 0 Å². The van der Waals surface area contributed by atoms with Crippen molar-refractivity contribution >= 4 is 5.78 Å². The van der Waals surface area contributed by atoms with Crippen LogP contribution < -0.4 is 0 Å². The van der Waals surface area contributed by atoms with Crippen LogP contribution in [0.5, 0.6) is 0 Å². The van der Waals surface area contributed by atoms with Crippen LogP contribution in [0.2, 0.25) is 0 Å². The molecule has 5 heteroatoms. The van der Waals surface area contributed by atoms with E-state index in [2.05, 4.69) is 14.8 Å². The van der Waals surface area contributed by atoms with Gasteiger partial charge < -0.3 is 4.90 Å². The molecule has 2 saturated heterocycles. The molecular weight excluding hydrogens is 269 g/mol. The molecule has 1 aromatic rings. The molecule has 1 aromatic heterocycles. The Balaban J connectivity index is 1.45. The minimum Gasteiger partial charge on any atom is -0.301 e. The van der Waals surface area contributed by atoms with Crippen molar-refractivity contribution in [2.24, 2.45) is 0 Å². The molecule has 21 heavy (non-hydrogen) atoms. The minimum atomic E-state index is -0.403. The summed E-state index contributed by atoms with van der Waals surface area (Å²) in [5, 5.41) is 0. The number of pyridine rings is 1. The number of aromatic nitrogens is 1. The third-order valence-corrected chi connectivity index (χ3v) is 4.57. The number of Topliss-reactive ketones (excluding diaryl/α,β-unsaturated/α-hetero) is 1. The molecule has 3 heterocycles. The summed E-state index contributed by atoms with van der Waals surface area (Å²) < 4.78 is 12.8. The van der Waals surface area contributed by atoms with Crippen LogP contribution in [0.3, 0.4) is 0 Å². The maximum Gasteiger partial charge on any atom is 0.182 e. The van der Waals surface area contributed by atoms with Crippen LogP contribution in [-0.4, -0.2) is 59.3 Å². The van der Waals surface area contributed by atoms with Crippen molar-refractivity contribution in [3.05, 3.63) is 29.8 Å². The summed E-state index contributed by atoms with van der Waals surface area (Å²) in [5.41, 5.74) is 0.367. The summed E-state index contributed by atoms with van der Waals surface area (Å²) in [5.74, 6) is -0.404. The normalized spacial score (nSPS) is 23.8. The van der Waals surface area contributed by atoms with E-state index < -0.39 is 5.82 Å². The summed E-state index contributed by atoms with van der Waals surface area (Å²) in [6.45, 7) is 5.39. The molecule has 1 atom stereocenters. The predicted octanol–water partition coefficient (Wildman–Crippen LogP) is 1.96. The molecule has 2 fully saturated rings. The second-order valence-corrected chi connectivity index (χ2v) is 6.02. The second-order valence-electron chi connectivity index (χ2n) is 6.02. The van der Waals surface area contributed by atoms with Gasteiger partial charge >= 0.3 is 0 Å². The smallest absolute Gasteiger partial charge is 0.182 e. The van der Waals surface area contributed by atoms with Crippen LogP contribution >= 0.6 is 0 Å². The van der Waals surface area contributed by atoms with Gasteiger partial charge in [-0.1, -0.05) is 0 Å². The Morgan fingerprint density at radius 1 is 1.29 bits per heavy atom. The molecule has 0 bridgehead atoms. The molecule has 1 unspecified atom stereocenters. The Kier molecular flexibility index (Phi) is 4.60. The lowest BCUT2D eigenvalue weighted by atomic mass is 10.2. The fourth-order valence-electron chi connectivity index (χ4n) is 3.35. The van der Waals surface area contributed by atoms with Gasteiger partial charge in [-0.05, 0) is 51.0 Å². The summed E-state index contributed by atoms with van der Waals surface area (Å²) >= 11 is 0. The fourth-order valence-corrected chi connectivity index (χ4v) is 3.35. The maximum atomic E-state index is 12.8. The van der Waals surface area contributed by atoms with E-state index >= 15 is 0 Å². The maximum absolute atomic E-state index is 12.8. The van der Waals surface area contributed by atoms with Crippen molar-refractivity contribution in [3.8, 4) is 0 Å². The van der Waals surface area contributed by atoms with Crippen LogP contribution in [0.1, 0.15) is 36.2 Å². The Morgan fingerprint density at radius 2 is 2.10 bits per heavy atom. The Labute approximate surface area is 125 Å². The lowest BCUT2D eigenvalue weighted by molar-refractivity contribution is 0.0962. The standard InChI is InChI=1S/C16H22FN3O/c17-13-3-4-15(18-11-13)16(21)6-10-19-9-5-14(12-19)20-7-1-2-8-20/h3-4,11,14H,1-2,5-10,12H2. The molecule has 4 nitrogen and oxygen atoms in total. The molecule has 114 valence electrons. The average molecular weight is 291 g/mol. The van der Waals surface area contributed by atoms with Crippen molar-refractivity contribution in [2.45, 2.75) is 31.7 Å². The number of hydrogen-bond donors (Lipinski definition) is 0. The van der Waals surface area contributed by atoms with Gasteiger partial charge in [0.1, 0.15) is 11.5 Å². The van der Waals surface area contributed by atoms with E-state index in [-0.39, 0.29) is 5.78 Å². The molecule has 2 aliphatic heterocycles. The molecule has 0 aromatic carbocycles. The molecule has 0 saturated carbocycles. The molecular formula is C16H22FN3O. The number of rotatable bonds is 5. The van der Waals surface area contributed by atoms with Crippen LogP contribution in [-0.2, 0) is 0 Å². The second kappa shape index (κ2) is 6.62. The van der Waals surface area contributed by atoms with Crippen molar-refractivity contribution in [1.29, 1.82) is 0 Å². The molecule has 0 radical (unpaired) electrons. The number of likely N-dealkylation sites (tertiary alicyclic amines) is 2. The zero-order valence-corrected chi connectivity index (χ0v) is 12.3. The number of carbonyl (C=O) groups is 1. The van der Waals surface area contributed by atoms with Gasteiger partial charge in [-0.3, -0.25) is 14.7 Å². The Hall–Kier alpha value is -1.33. The first kappa shape index (κ1) is 14.6. The first-order valence-corrected chi connectivity index (χ1v) is 7.83. The number of nitrogens with zero attached hydrogens (tertiary/aromatic N) is 3. The highest BCUT2D eigenvalue weighted by atomic mass is 19.1. The summed E-state index contributed by atoms with van der Waals surface area (Å²) in [6, 6.07) is 3.43. The third-order valence-electron chi connectivity index (χ3n) is 4.57. The average Bonchev–Trinajstić information content (AvgIpc) is 3.16. The monoisotopic (exact) mass is 291 g/mol. The van der Waals surface area contributed by atoms with Crippen molar-refractivity contribution in [1.82, 2.24) is 14.8 Å². The van der Waals surface area contributed by atoms with E-state index in [1.807, 2.05) is 0 Å². The minimum absolute atomic E-state index is 0.000350. The van der Waals surface area contributed by atoms with Crippen LogP contribution in [0, 0.1) is 5.82 Å². The van der Waals surface area contributed by atoms with Gasteiger partial charge in [-0.15, -0.1) is 0 Å². The van der Waals surface area contributed by atoms with Crippen LogP contribution in [0.15, 0.2) is 18.3 Å². The largest absolute Gasteiger partial charge is 0.301 e. The lowest BCUT2D eigenvalue weighted by Crippen LogP contribution is -2.35. The van der Waals surface area contributed by atoms with E-state index in [1.165, 1.54) is 44.5 Å². The predicted molar refractivity (Wildman–Crippen MR) is 78.8 cm³/mol. The molecule has 3 rings (SSSR count). The summed E-state index contributed by atoms with van der Waals surface area (Å²) in [4.78, 5) is 20.8. The molecule has 0 N–H and O–H groups in total. The SMILES string of the molecule is O=C(CCN1CCC(N2CCCC2)C1)c1ccc(F)cn1. The van der Waals surface area contributed by atoms with Gasteiger partial charge in [-0.2, -0.15) is 0 Å². The van der Waals surface area contributed by atoms with Crippen LogP contribution in [0.4, 0.5) is 4.39 Å². The molecule has 0 spiro atoms. The van der Waals surface area contributed by atoms with E-state index in [0.717, 1.165) is 25.8 Å². The summed E-state index contributed by atoms with van der Waals surface area (Å²) in [7, 11) is 0. The fraction of sp³-hybridized carbons (Fsp3) is 0.625. The summed E-state index contributed by atoms with van der Waals surface area (Å²) in [6.07, 6.45) is 5.43. The van der Waals surface area contributed by atoms with E-state index in [1.54, 1.807) is 0 Å². The first-order valence-electron chi connectivity index (χ1n) is 7.83. The quantitative estimate of drug-likeness (QED) is 0.777. The zero-order chi connectivity index (χ0) is 14.7. The Morgan fingerprint density at radius 3 is 2.81 bits per heavy atom. The highest BCUT2D eigenvalue weighted by Crippen LogP contribution is 2.20. The van der Waals surface area contributed by atoms with Crippen LogP contribution in [0.25, 0.3) is 0 Å². The topological polar surface area (TPSA) is 36.4 Å². The first-order chi connectivity index (χ1) is 10.2. The van der Waals surface area contributed by atoms with E-state index in [0.29, 0.717) is 18.2 Å². The third kappa shape index (κ3) is 3.66. The number of carbonyl (C=O) groups excluding carboxylic acids is 1. The van der Waals surface area contributed by atoms with Crippen molar-refractivity contribution < 1.29 is 9.18 Å². The van der Waals surface area contributed by atoms with Gasteiger partial charge in [0, 0.05) is 25.6 Å². The van der Waals surface area contributed by atoms with Gasteiger partial charge in [0.2, 0.25) is 0 Å².